The number of para-hydroxylation sites is 1. The van der Waals surface area contributed by atoms with Crippen LogP contribution in [0.4, 0.5) is 5.95 Å². The minimum Gasteiger partial charge on any atom is -0.489 e. The van der Waals surface area contributed by atoms with Gasteiger partial charge in [-0.2, -0.15) is 10.1 Å². The topological polar surface area (TPSA) is 89.3 Å². The summed E-state index contributed by atoms with van der Waals surface area (Å²) in [5.74, 6) is 0.00499. The molecule has 130 valence electrons. The highest BCUT2D eigenvalue weighted by Crippen LogP contribution is 2.34. The SMILES string of the molecule is O=C(O)C1=C[C@@H](c2ccccc2OCc2ccccc2)n2ncnc2N1. The Kier molecular flexibility index (Phi) is 4.10. The van der Waals surface area contributed by atoms with Crippen molar-refractivity contribution in [1.82, 2.24) is 14.8 Å². The highest BCUT2D eigenvalue weighted by Gasteiger charge is 2.27. The number of aromatic nitrogens is 3. The smallest absolute Gasteiger partial charge is 0.352 e. The van der Waals surface area contributed by atoms with Crippen molar-refractivity contribution in [3.8, 4) is 5.75 Å². The van der Waals surface area contributed by atoms with Crippen LogP contribution in [0.5, 0.6) is 5.75 Å². The Morgan fingerprint density at radius 2 is 1.92 bits per heavy atom. The summed E-state index contributed by atoms with van der Waals surface area (Å²) in [5, 5.41) is 16.3. The van der Waals surface area contributed by atoms with Gasteiger partial charge in [0.1, 0.15) is 30.4 Å². The first-order valence-electron chi connectivity index (χ1n) is 8.09. The van der Waals surface area contributed by atoms with E-state index in [1.165, 1.54) is 6.33 Å². The van der Waals surface area contributed by atoms with Crippen LogP contribution >= 0.6 is 0 Å². The predicted octanol–water partition coefficient (Wildman–Crippen LogP) is 2.84. The summed E-state index contributed by atoms with van der Waals surface area (Å²) >= 11 is 0. The molecule has 2 N–H and O–H groups in total. The molecule has 0 amide bonds. The molecule has 2 heterocycles. The Balaban J connectivity index is 1.69. The molecule has 1 aliphatic heterocycles. The van der Waals surface area contributed by atoms with Gasteiger partial charge >= 0.3 is 5.97 Å². The fourth-order valence-corrected chi connectivity index (χ4v) is 2.87. The lowest BCUT2D eigenvalue weighted by atomic mass is 10.0. The second-order valence-electron chi connectivity index (χ2n) is 5.80. The Morgan fingerprint density at radius 3 is 2.73 bits per heavy atom. The van der Waals surface area contributed by atoms with E-state index in [0.29, 0.717) is 18.3 Å². The van der Waals surface area contributed by atoms with Gasteiger partial charge in [-0.1, -0.05) is 48.5 Å². The van der Waals surface area contributed by atoms with Crippen molar-refractivity contribution in [2.45, 2.75) is 12.6 Å². The summed E-state index contributed by atoms with van der Waals surface area (Å²) in [7, 11) is 0. The van der Waals surface area contributed by atoms with Crippen molar-refractivity contribution in [3.63, 3.8) is 0 Å². The van der Waals surface area contributed by atoms with E-state index in [-0.39, 0.29) is 5.70 Å². The second-order valence-corrected chi connectivity index (χ2v) is 5.80. The third kappa shape index (κ3) is 3.02. The zero-order chi connectivity index (χ0) is 17.9. The molecule has 0 saturated heterocycles. The minimum atomic E-state index is -1.05. The molecule has 0 fully saturated rings. The van der Waals surface area contributed by atoms with Gasteiger partial charge < -0.3 is 15.2 Å². The number of allylic oxidation sites excluding steroid dienone is 1. The Bertz CT molecular complexity index is 966. The van der Waals surface area contributed by atoms with Crippen LogP contribution in [0.15, 0.2) is 72.7 Å². The van der Waals surface area contributed by atoms with Gasteiger partial charge in [0.25, 0.3) is 0 Å². The number of hydrogen-bond donors (Lipinski definition) is 2. The molecule has 2 aromatic carbocycles. The monoisotopic (exact) mass is 348 g/mol. The van der Waals surface area contributed by atoms with E-state index in [0.717, 1.165) is 11.1 Å². The van der Waals surface area contributed by atoms with Gasteiger partial charge in [0.2, 0.25) is 5.95 Å². The molecular weight excluding hydrogens is 332 g/mol. The number of carboxylic acid groups (broad SMARTS) is 1. The number of benzene rings is 2. The lowest BCUT2D eigenvalue weighted by molar-refractivity contribution is -0.132. The minimum absolute atomic E-state index is 0.0633. The summed E-state index contributed by atoms with van der Waals surface area (Å²) in [4.78, 5) is 15.5. The number of carboxylic acids is 1. The van der Waals surface area contributed by atoms with Crippen molar-refractivity contribution in [2.75, 3.05) is 5.32 Å². The number of ether oxygens (including phenoxy) is 1. The van der Waals surface area contributed by atoms with E-state index in [4.69, 9.17) is 4.74 Å². The highest BCUT2D eigenvalue weighted by atomic mass is 16.5. The molecule has 0 radical (unpaired) electrons. The molecule has 3 aromatic rings. The van der Waals surface area contributed by atoms with Crippen molar-refractivity contribution in [1.29, 1.82) is 0 Å². The normalized spacial score (nSPS) is 15.5. The maximum absolute atomic E-state index is 11.4. The van der Waals surface area contributed by atoms with Crippen molar-refractivity contribution >= 4 is 11.9 Å². The van der Waals surface area contributed by atoms with Crippen LogP contribution in [0.1, 0.15) is 17.2 Å². The maximum Gasteiger partial charge on any atom is 0.352 e. The molecule has 1 aliphatic rings. The van der Waals surface area contributed by atoms with Crippen LogP contribution < -0.4 is 10.1 Å². The molecule has 1 aromatic heterocycles. The molecule has 0 aliphatic carbocycles. The van der Waals surface area contributed by atoms with Gasteiger partial charge in [0, 0.05) is 5.56 Å². The van der Waals surface area contributed by atoms with Crippen molar-refractivity contribution in [2.24, 2.45) is 0 Å². The number of rotatable bonds is 5. The number of anilines is 1. The number of nitrogens with one attached hydrogen (secondary N) is 1. The third-order valence-corrected chi connectivity index (χ3v) is 4.11. The van der Waals surface area contributed by atoms with E-state index in [1.807, 2.05) is 54.6 Å². The summed E-state index contributed by atoms with van der Waals surface area (Å²) < 4.78 is 7.64. The molecule has 0 unspecified atom stereocenters. The quantitative estimate of drug-likeness (QED) is 0.737. The molecule has 4 rings (SSSR count). The van der Waals surface area contributed by atoms with Crippen molar-refractivity contribution in [3.05, 3.63) is 83.8 Å². The summed E-state index contributed by atoms with van der Waals surface area (Å²) in [5.41, 5.74) is 1.93. The number of carbonyl (C=O) groups is 1. The lowest BCUT2D eigenvalue weighted by Crippen LogP contribution is -2.24. The fourth-order valence-electron chi connectivity index (χ4n) is 2.87. The second kappa shape index (κ2) is 6.72. The van der Waals surface area contributed by atoms with Gasteiger partial charge in [0.05, 0.1) is 0 Å². The first-order valence-corrected chi connectivity index (χ1v) is 8.09. The van der Waals surface area contributed by atoms with Gasteiger partial charge in [-0.15, -0.1) is 0 Å². The van der Waals surface area contributed by atoms with Crippen LogP contribution in [0.25, 0.3) is 0 Å². The first-order chi connectivity index (χ1) is 12.7. The Hall–Kier alpha value is -3.61. The number of nitrogens with zero attached hydrogens (tertiary/aromatic N) is 3. The predicted molar refractivity (Wildman–Crippen MR) is 94.7 cm³/mol. The van der Waals surface area contributed by atoms with Gasteiger partial charge in [-0.05, 0) is 17.7 Å². The molecule has 1 atom stereocenters. The average molecular weight is 348 g/mol. The zero-order valence-corrected chi connectivity index (χ0v) is 13.7. The van der Waals surface area contributed by atoms with Gasteiger partial charge in [-0.3, -0.25) is 0 Å². The summed E-state index contributed by atoms with van der Waals surface area (Å²) in [6, 6.07) is 17.0. The van der Waals surface area contributed by atoms with Crippen LogP contribution in [0, 0.1) is 0 Å². The number of aliphatic carboxylic acids is 1. The highest BCUT2D eigenvalue weighted by molar-refractivity contribution is 5.90. The standard InChI is InChI=1S/C19H16N4O3/c24-18(25)15-10-16(23-19(22-15)20-12-21-23)14-8-4-5-9-17(14)26-11-13-6-2-1-3-7-13/h1-10,12,16H,11H2,(H,24,25)(H,20,21,22)/t16-/m0/s1. The number of fused-ring (bicyclic) bond motifs is 1. The Morgan fingerprint density at radius 1 is 1.15 bits per heavy atom. The summed E-state index contributed by atoms with van der Waals surface area (Å²) in [6.07, 6.45) is 3.00. The molecule has 0 spiro atoms. The van der Waals surface area contributed by atoms with Crippen LogP contribution in [-0.4, -0.2) is 25.8 Å². The van der Waals surface area contributed by atoms with Gasteiger partial charge in [-0.25, -0.2) is 9.48 Å². The fraction of sp³-hybridized carbons (Fsp3) is 0.105. The first kappa shape index (κ1) is 15.9. The van der Waals surface area contributed by atoms with Crippen molar-refractivity contribution < 1.29 is 14.6 Å². The summed E-state index contributed by atoms with van der Waals surface area (Å²) in [6.45, 7) is 0.419. The molecule has 7 nitrogen and oxygen atoms in total. The third-order valence-electron chi connectivity index (χ3n) is 4.11. The van der Waals surface area contributed by atoms with Crippen LogP contribution in [0.3, 0.4) is 0 Å². The van der Waals surface area contributed by atoms with E-state index in [9.17, 15) is 9.90 Å². The molecule has 0 saturated carbocycles. The van der Waals surface area contributed by atoms with Crippen LogP contribution in [-0.2, 0) is 11.4 Å². The Labute approximate surface area is 149 Å². The van der Waals surface area contributed by atoms with Crippen LogP contribution in [0.2, 0.25) is 0 Å². The lowest BCUT2D eigenvalue weighted by Gasteiger charge is -2.24. The zero-order valence-electron chi connectivity index (χ0n) is 13.7. The van der Waals surface area contributed by atoms with E-state index >= 15 is 0 Å². The molecular formula is C19H16N4O3. The average Bonchev–Trinajstić information content (AvgIpc) is 3.15. The van der Waals surface area contributed by atoms with E-state index in [2.05, 4.69) is 15.4 Å². The van der Waals surface area contributed by atoms with E-state index in [1.54, 1.807) is 10.8 Å². The van der Waals surface area contributed by atoms with Gasteiger partial charge in [0.15, 0.2) is 0 Å². The molecule has 26 heavy (non-hydrogen) atoms. The largest absolute Gasteiger partial charge is 0.489 e. The maximum atomic E-state index is 11.4. The molecule has 7 heteroatoms. The molecule has 0 bridgehead atoms. The van der Waals surface area contributed by atoms with E-state index < -0.39 is 12.0 Å². The number of hydrogen-bond acceptors (Lipinski definition) is 5.